The van der Waals surface area contributed by atoms with Crippen LogP contribution in [0.3, 0.4) is 0 Å². The predicted octanol–water partition coefficient (Wildman–Crippen LogP) is 4.84. The number of benzene rings is 2. The van der Waals surface area contributed by atoms with Gasteiger partial charge in [-0.3, -0.25) is 9.36 Å². The van der Waals surface area contributed by atoms with E-state index in [2.05, 4.69) is 9.98 Å². The molecule has 1 unspecified atom stereocenters. The summed E-state index contributed by atoms with van der Waals surface area (Å²) in [6, 6.07) is 8.76. The highest BCUT2D eigenvalue weighted by Crippen LogP contribution is 2.28. The van der Waals surface area contributed by atoms with E-state index in [4.69, 9.17) is 16.3 Å². The molecule has 0 bridgehead atoms. The molecule has 0 radical (unpaired) electrons. The summed E-state index contributed by atoms with van der Waals surface area (Å²) in [5.41, 5.74) is 2.36. The van der Waals surface area contributed by atoms with Crippen molar-refractivity contribution in [1.29, 1.82) is 0 Å². The molecule has 1 aliphatic rings. The molecule has 3 aromatic rings. The molecule has 2 heterocycles. The van der Waals surface area contributed by atoms with Gasteiger partial charge in [0.05, 0.1) is 11.0 Å². The Hall–Kier alpha value is -3.26. The summed E-state index contributed by atoms with van der Waals surface area (Å²) in [4.78, 5) is 22.2. The number of hydrogen-bond acceptors (Lipinski definition) is 5. The summed E-state index contributed by atoms with van der Waals surface area (Å²) in [5.74, 6) is -1.30. The Morgan fingerprint density at radius 1 is 1.23 bits per heavy atom. The van der Waals surface area contributed by atoms with Crippen LogP contribution < -0.4 is 4.90 Å². The molecule has 0 saturated carbocycles. The highest BCUT2D eigenvalue weighted by atomic mass is 35.5. The van der Waals surface area contributed by atoms with Gasteiger partial charge >= 0.3 is 0 Å². The topological polar surface area (TPSA) is 59.7 Å². The van der Waals surface area contributed by atoms with Gasteiger partial charge in [0.1, 0.15) is 35.8 Å². The van der Waals surface area contributed by atoms with Crippen molar-refractivity contribution in [2.24, 2.45) is 4.99 Å². The molecule has 154 valence electrons. The number of halogens is 3. The molecule has 6 nitrogen and oxygen atoms in total. The van der Waals surface area contributed by atoms with Crippen molar-refractivity contribution < 1.29 is 18.3 Å². The number of carbonyl (C=O) groups is 1. The highest BCUT2D eigenvalue weighted by Gasteiger charge is 2.23. The first-order valence-corrected chi connectivity index (χ1v) is 9.50. The van der Waals surface area contributed by atoms with E-state index in [1.165, 1.54) is 23.9 Å². The summed E-state index contributed by atoms with van der Waals surface area (Å²) in [6.07, 6.45) is 2.80. The van der Waals surface area contributed by atoms with Crippen molar-refractivity contribution >= 4 is 40.1 Å². The van der Waals surface area contributed by atoms with Crippen LogP contribution in [0.5, 0.6) is 0 Å². The van der Waals surface area contributed by atoms with E-state index in [-0.39, 0.29) is 35.2 Å². The van der Waals surface area contributed by atoms with Crippen LogP contribution in [-0.2, 0) is 11.3 Å². The maximum atomic E-state index is 13.8. The Balaban J connectivity index is 1.53. The molecule has 1 atom stereocenters. The fourth-order valence-corrected chi connectivity index (χ4v) is 3.38. The van der Waals surface area contributed by atoms with Gasteiger partial charge in [0.25, 0.3) is 0 Å². The fraction of sp³-hybridized carbons (Fsp3) is 0.190. The Kier molecular flexibility index (Phi) is 5.26. The highest BCUT2D eigenvalue weighted by molar-refractivity contribution is 6.42. The lowest BCUT2D eigenvalue weighted by Crippen LogP contribution is -2.32. The smallest absolute Gasteiger partial charge is 0.231 e. The first kappa shape index (κ1) is 20.0. The second-order valence-electron chi connectivity index (χ2n) is 6.78. The van der Waals surface area contributed by atoms with Crippen LogP contribution in [0.1, 0.15) is 24.2 Å². The van der Waals surface area contributed by atoms with Crippen LogP contribution in [0.25, 0.3) is 11.0 Å². The molecule has 0 spiro atoms. The van der Waals surface area contributed by atoms with Crippen LogP contribution in [-0.4, -0.2) is 27.5 Å². The Morgan fingerprint density at radius 2 is 2.03 bits per heavy atom. The second kappa shape index (κ2) is 7.87. The predicted molar refractivity (Wildman–Crippen MR) is 110 cm³/mol. The zero-order valence-corrected chi connectivity index (χ0v) is 16.9. The van der Waals surface area contributed by atoms with Crippen LogP contribution in [0.4, 0.5) is 14.5 Å². The third-order valence-electron chi connectivity index (χ3n) is 4.71. The molecule has 9 heteroatoms. The second-order valence-corrected chi connectivity index (χ2v) is 7.19. The maximum absolute atomic E-state index is 13.8. The normalized spacial score (nSPS) is 16.4. The average Bonchev–Trinajstić information content (AvgIpc) is 3.13. The first-order chi connectivity index (χ1) is 14.3. The lowest BCUT2D eigenvalue weighted by Gasteiger charge is -2.29. The molecule has 0 saturated heterocycles. The minimum atomic E-state index is -0.695. The van der Waals surface area contributed by atoms with Gasteiger partial charge in [0, 0.05) is 30.4 Å². The summed E-state index contributed by atoms with van der Waals surface area (Å²) < 4.78 is 33.9. The summed E-state index contributed by atoms with van der Waals surface area (Å²) in [5, 5.41) is 0.241. The van der Waals surface area contributed by atoms with Crippen LogP contribution >= 0.6 is 11.6 Å². The molecular weight excluding hydrogens is 414 g/mol. The number of fused-ring (bicyclic) bond motifs is 1. The molecule has 0 aliphatic carbocycles. The largest absolute Gasteiger partial charge is 0.472 e. The zero-order chi connectivity index (χ0) is 21.4. The van der Waals surface area contributed by atoms with Crippen molar-refractivity contribution in [2.45, 2.75) is 26.6 Å². The minimum Gasteiger partial charge on any atom is -0.472 e. The van der Waals surface area contributed by atoms with Crippen molar-refractivity contribution in [2.75, 3.05) is 4.90 Å². The Morgan fingerprint density at radius 3 is 2.77 bits per heavy atom. The quantitative estimate of drug-likeness (QED) is 0.596. The number of aromatic nitrogens is 2. The third-order valence-corrected chi connectivity index (χ3v) is 4.97. The average molecular weight is 431 g/mol. The van der Waals surface area contributed by atoms with E-state index in [1.807, 2.05) is 24.0 Å². The van der Waals surface area contributed by atoms with Gasteiger partial charge in [-0.05, 0) is 37.3 Å². The molecule has 0 fully saturated rings. The number of imidazole rings is 1. The van der Waals surface area contributed by atoms with E-state index in [9.17, 15) is 13.6 Å². The Labute approximate surface area is 176 Å². The standard InChI is InChI=1S/C21H17ClF2N4O2/c1-12-26-21(30-10-14-3-4-15(23)7-18(14)24)17(22)9-27(12)16-5-6-20-19(8-16)25-11-28(20)13(2)29/h3-9,11-12H,10H2,1-2H3. The van der Waals surface area contributed by atoms with Crippen LogP contribution in [0.2, 0.25) is 0 Å². The van der Waals surface area contributed by atoms with Gasteiger partial charge in [0.2, 0.25) is 11.8 Å². The number of rotatable bonds is 3. The van der Waals surface area contributed by atoms with E-state index in [0.29, 0.717) is 11.0 Å². The molecular formula is C21H17ClF2N4O2. The molecule has 1 aliphatic heterocycles. The first-order valence-electron chi connectivity index (χ1n) is 9.12. The fourth-order valence-electron chi connectivity index (χ4n) is 3.17. The van der Waals surface area contributed by atoms with E-state index in [1.54, 1.807) is 12.3 Å². The molecule has 1 aromatic heterocycles. The van der Waals surface area contributed by atoms with Gasteiger partial charge in [-0.1, -0.05) is 11.6 Å². The monoisotopic (exact) mass is 430 g/mol. The Bertz CT molecular complexity index is 1200. The summed E-state index contributed by atoms with van der Waals surface area (Å²) in [6.45, 7) is 3.19. The van der Waals surface area contributed by atoms with Crippen molar-refractivity contribution in [3.8, 4) is 0 Å². The van der Waals surface area contributed by atoms with Crippen LogP contribution in [0, 0.1) is 11.6 Å². The molecule has 2 aromatic carbocycles. The van der Waals surface area contributed by atoms with E-state index >= 15 is 0 Å². The zero-order valence-electron chi connectivity index (χ0n) is 16.1. The summed E-state index contributed by atoms with van der Waals surface area (Å²) >= 11 is 6.33. The van der Waals surface area contributed by atoms with Gasteiger partial charge < -0.3 is 9.64 Å². The minimum absolute atomic E-state index is 0.122. The van der Waals surface area contributed by atoms with Crippen molar-refractivity contribution in [3.63, 3.8) is 0 Å². The molecule has 4 rings (SSSR count). The van der Waals surface area contributed by atoms with Gasteiger partial charge in [-0.25, -0.2) is 18.8 Å². The summed E-state index contributed by atoms with van der Waals surface area (Å²) in [7, 11) is 0. The van der Waals surface area contributed by atoms with Gasteiger partial charge in [-0.2, -0.15) is 0 Å². The van der Waals surface area contributed by atoms with E-state index < -0.39 is 11.6 Å². The van der Waals surface area contributed by atoms with Gasteiger partial charge in [0.15, 0.2) is 0 Å². The van der Waals surface area contributed by atoms with Gasteiger partial charge in [-0.15, -0.1) is 0 Å². The van der Waals surface area contributed by atoms with E-state index in [0.717, 1.165) is 17.8 Å². The number of ether oxygens (including phenoxy) is 1. The molecule has 30 heavy (non-hydrogen) atoms. The number of hydrogen-bond donors (Lipinski definition) is 0. The lowest BCUT2D eigenvalue weighted by atomic mass is 10.2. The lowest BCUT2D eigenvalue weighted by molar-refractivity contribution is 0.0941. The molecule has 0 N–H and O–H groups in total. The SMILES string of the molecule is CC(=O)n1cnc2cc(N3C=C(Cl)C(OCc4ccc(F)cc4F)=NC3C)ccc21. The third kappa shape index (κ3) is 3.78. The maximum Gasteiger partial charge on any atom is 0.231 e. The molecule has 0 amide bonds. The number of nitrogens with zero attached hydrogens (tertiary/aromatic N) is 4. The van der Waals surface area contributed by atoms with Crippen molar-refractivity contribution in [1.82, 2.24) is 9.55 Å². The number of anilines is 1. The van der Waals surface area contributed by atoms with Crippen molar-refractivity contribution in [3.05, 3.63) is 71.2 Å². The van der Waals surface area contributed by atoms with Crippen LogP contribution in [0.15, 0.2) is 59.0 Å². The number of carbonyl (C=O) groups excluding carboxylic acids is 1. The number of aliphatic imine (C=N–C) groups is 1.